The van der Waals surface area contributed by atoms with E-state index in [2.05, 4.69) is 43.1 Å². The molecule has 1 aliphatic heterocycles. The van der Waals surface area contributed by atoms with Gasteiger partial charge in [0.1, 0.15) is 11.5 Å². The standard InChI is InChI=1S/C16H26N2O/c1-16(2,3)17-9-14-6-7-15(19-14)11-18-10-12-4-5-13(18)8-12/h6-7,12-13,17H,4-5,8-11H2,1-3H3. The predicted molar refractivity (Wildman–Crippen MR) is 76.8 cm³/mol. The molecule has 0 amide bonds. The summed E-state index contributed by atoms with van der Waals surface area (Å²) in [5.41, 5.74) is 0.140. The molecule has 19 heavy (non-hydrogen) atoms. The van der Waals surface area contributed by atoms with Crippen molar-refractivity contribution in [3.05, 3.63) is 23.7 Å². The van der Waals surface area contributed by atoms with Crippen LogP contribution in [0.4, 0.5) is 0 Å². The predicted octanol–water partition coefficient (Wildman–Crippen LogP) is 3.15. The van der Waals surface area contributed by atoms with E-state index in [0.717, 1.165) is 36.6 Å². The third-order valence-corrected chi connectivity index (χ3v) is 4.39. The minimum atomic E-state index is 0.140. The van der Waals surface area contributed by atoms with Crippen LogP contribution >= 0.6 is 0 Å². The average Bonchev–Trinajstić information content (AvgIpc) is 3.01. The molecule has 0 spiro atoms. The van der Waals surface area contributed by atoms with Crippen molar-refractivity contribution in [2.45, 2.75) is 64.7 Å². The van der Waals surface area contributed by atoms with Gasteiger partial charge in [-0.05, 0) is 58.1 Å². The van der Waals surface area contributed by atoms with Gasteiger partial charge in [0.15, 0.2) is 0 Å². The average molecular weight is 262 g/mol. The maximum atomic E-state index is 5.94. The maximum Gasteiger partial charge on any atom is 0.118 e. The molecule has 3 nitrogen and oxygen atoms in total. The highest BCUT2D eigenvalue weighted by atomic mass is 16.3. The van der Waals surface area contributed by atoms with Crippen molar-refractivity contribution >= 4 is 0 Å². The lowest BCUT2D eigenvalue weighted by atomic mass is 10.1. The van der Waals surface area contributed by atoms with Gasteiger partial charge < -0.3 is 9.73 Å². The number of piperidine rings is 1. The van der Waals surface area contributed by atoms with Crippen molar-refractivity contribution in [1.82, 2.24) is 10.2 Å². The summed E-state index contributed by atoms with van der Waals surface area (Å²) in [5, 5.41) is 3.46. The van der Waals surface area contributed by atoms with Gasteiger partial charge in [-0.15, -0.1) is 0 Å². The fourth-order valence-corrected chi connectivity index (χ4v) is 3.38. The molecular formula is C16H26N2O. The molecule has 1 aromatic heterocycles. The second kappa shape index (κ2) is 4.95. The molecule has 3 heteroatoms. The van der Waals surface area contributed by atoms with E-state index in [4.69, 9.17) is 4.42 Å². The Morgan fingerprint density at radius 2 is 2.05 bits per heavy atom. The quantitative estimate of drug-likeness (QED) is 0.903. The van der Waals surface area contributed by atoms with Gasteiger partial charge in [0, 0.05) is 18.1 Å². The Morgan fingerprint density at radius 1 is 1.26 bits per heavy atom. The molecular weight excluding hydrogens is 236 g/mol. The third-order valence-electron chi connectivity index (χ3n) is 4.39. The molecule has 2 bridgehead atoms. The van der Waals surface area contributed by atoms with E-state index < -0.39 is 0 Å². The molecule has 106 valence electrons. The Morgan fingerprint density at radius 3 is 2.68 bits per heavy atom. The highest BCUT2D eigenvalue weighted by Crippen LogP contribution is 2.38. The zero-order chi connectivity index (χ0) is 13.5. The number of likely N-dealkylation sites (tertiary alicyclic amines) is 1. The lowest BCUT2D eigenvalue weighted by Crippen LogP contribution is -2.34. The van der Waals surface area contributed by atoms with E-state index >= 15 is 0 Å². The number of hydrogen-bond donors (Lipinski definition) is 1. The van der Waals surface area contributed by atoms with Gasteiger partial charge in [0.2, 0.25) is 0 Å². The van der Waals surface area contributed by atoms with Gasteiger partial charge in [-0.1, -0.05) is 0 Å². The summed E-state index contributed by atoms with van der Waals surface area (Å²) in [5.74, 6) is 3.13. The largest absolute Gasteiger partial charge is 0.463 e. The van der Waals surface area contributed by atoms with Gasteiger partial charge in [-0.2, -0.15) is 0 Å². The molecule has 1 aromatic rings. The zero-order valence-electron chi connectivity index (χ0n) is 12.4. The third kappa shape index (κ3) is 3.21. The summed E-state index contributed by atoms with van der Waals surface area (Å²) in [6.07, 6.45) is 4.25. The van der Waals surface area contributed by atoms with Gasteiger partial charge in [0.05, 0.1) is 13.1 Å². The highest BCUT2D eigenvalue weighted by Gasteiger charge is 2.37. The van der Waals surface area contributed by atoms with E-state index in [1.54, 1.807) is 0 Å². The number of nitrogens with one attached hydrogen (secondary N) is 1. The number of nitrogens with zero attached hydrogens (tertiary/aromatic N) is 1. The van der Waals surface area contributed by atoms with Crippen molar-refractivity contribution in [3.8, 4) is 0 Å². The number of furan rings is 1. The smallest absolute Gasteiger partial charge is 0.118 e. The topological polar surface area (TPSA) is 28.4 Å². The fraction of sp³-hybridized carbons (Fsp3) is 0.750. The normalized spacial score (nSPS) is 27.3. The minimum absolute atomic E-state index is 0.140. The van der Waals surface area contributed by atoms with Gasteiger partial charge in [-0.3, -0.25) is 4.90 Å². The first-order chi connectivity index (χ1) is 8.99. The molecule has 1 aliphatic carbocycles. The Balaban J connectivity index is 1.53. The lowest BCUT2D eigenvalue weighted by molar-refractivity contribution is 0.188. The molecule has 2 fully saturated rings. The van der Waals surface area contributed by atoms with E-state index in [9.17, 15) is 0 Å². The molecule has 3 rings (SSSR count). The van der Waals surface area contributed by atoms with Crippen molar-refractivity contribution in [3.63, 3.8) is 0 Å². The molecule has 0 radical (unpaired) electrons. The molecule has 1 saturated carbocycles. The van der Waals surface area contributed by atoms with E-state index in [1.807, 2.05) is 0 Å². The van der Waals surface area contributed by atoms with Crippen LogP contribution in [0.25, 0.3) is 0 Å². The lowest BCUT2D eigenvalue weighted by Gasteiger charge is -2.25. The monoisotopic (exact) mass is 262 g/mol. The first-order valence-corrected chi connectivity index (χ1v) is 7.56. The van der Waals surface area contributed by atoms with E-state index in [1.165, 1.54) is 25.8 Å². The molecule has 2 heterocycles. The summed E-state index contributed by atoms with van der Waals surface area (Å²) in [6.45, 7) is 9.63. The summed E-state index contributed by atoms with van der Waals surface area (Å²) in [4.78, 5) is 2.61. The molecule has 2 atom stereocenters. The molecule has 0 aromatic carbocycles. The zero-order valence-corrected chi connectivity index (χ0v) is 12.4. The highest BCUT2D eigenvalue weighted by molar-refractivity contribution is 5.08. The van der Waals surface area contributed by atoms with Crippen molar-refractivity contribution < 1.29 is 4.42 Å². The molecule has 1 saturated heterocycles. The van der Waals surface area contributed by atoms with Crippen LogP contribution in [0.5, 0.6) is 0 Å². The van der Waals surface area contributed by atoms with Crippen LogP contribution < -0.4 is 5.32 Å². The van der Waals surface area contributed by atoms with Crippen LogP contribution in [0.2, 0.25) is 0 Å². The van der Waals surface area contributed by atoms with Crippen LogP contribution in [-0.4, -0.2) is 23.0 Å². The first kappa shape index (κ1) is 13.2. The Bertz CT molecular complexity index is 432. The van der Waals surface area contributed by atoms with Gasteiger partial charge in [-0.25, -0.2) is 0 Å². The number of rotatable bonds is 4. The summed E-state index contributed by atoms with van der Waals surface area (Å²) < 4.78 is 5.94. The van der Waals surface area contributed by atoms with Crippen molar-refractivity contribution in [2.24, 2.45) is 5.92 Å². The second-order valence-electron chi connectivity index (χ2n) is 7.23. The van der Waals surface area contributed by atoms with Crippen LogP contribution in [0.15, 0.2) is 16.5 Å². The van der Waals surface area contributed by atoms with Crippen molar-refractivity contribution in [2.75, 3.05) is 6.54 Å². The SMILES string of the molecule is CC(C)(C)NCc1ccc(CN2CC3CCC2C3)o1. The van der Waals surface area contributed by atoms with Gasteiger partial charge >= 0.3 is 0 Å². The van der Waals surface area contributed by atoms with Crippen LogP contribution in [0.1, 0.15) is 51.6 Å². The minimum Gasteiger partial charge on any atom is -0.463 e. The molecule has 2 aliphatic rings. The Hall–Kier alpha value is -0.800. The molecule has 2 unspecified atom stereocenters. The summed E-state index contributed by atoms with van der Waals surface area (Å²) in [7, 11) is 0. The van der Waals surface area contributed by atoms with Crippen molar-refractivity contribution in [1.29, 1.82) is 0 Å². The fourth-order valence-electron chi connectivity index (χ4n) is 3.38. The Labute approximate surface area is 116 Å². The second-order valence-corrected chi connectivity index (χ2v) is 7.23. The maximum absolute atomic E-state index is 5.94. The number of fused-ring (bicyclic) bond motifs is 2. The summed E-state index contributed by atoms with van der Waals surface area (Å²) in [6, 6.07) is 5.08. The number of hydrogen-bond acceptors (Lipinski definition) is 3. The summed E-state index contributed by atoms with van der Waals surface area (Å²) >= 11 is 0. The van der Waals surface area contributed by atoms with Crippen LogP contribution in [0, 0.1) is 5.92 Å². The van der Waals surface area contributed by atoms with Gasteiger partial charge in [0.25, 0.3) is 0 Å². The van der Waals surface area contributed by atoms with E-state index in [-0.39, 0.29) is 5.54 Å². The van der Waals surface area contributed by atoms with Crippen LogP contribution in [0.3, 0.4) is 0 Å². The first-order valence-electron chi connectivity index (χ1n) is 7.56. The Kier molecular flexibility index (Phi) is 3.44. The van der Waals surface area contributed by atoms with Crippen LogP contribution in [-0.2, 0) is 13.1 Å². The molecule has 1 N–H and O–H groups in total. The van der Waals surface area contributed by atoms with E-state index in [0.29, 0.717) is 0 Å².